The lowest BCUT2D eigenvalue weighted by Crippen LogP contribution is -2.28. The molecule has 0 spiro atoms. The van der Waals surface area contributed by atoms with Crippen molar-refractivity contribution in [2.24, 2.45) is 11.3 Å². The van der Waals surface area contributed by atoms with Gasteiger partial charge in [-0.1, -0.05) is 45.0 Å². The molecule has 1 aromatic heterocycles. The van der Waals surface area contributed by atoms with Gasteiger partial charge >= 0.3 is 6.09 Å². The zero-order valence-electron chi connectivity index (χ0n) is 16.9. The van der Waals surface area contributed by atoms with Crippen LogP contribution in [0.1, 0.15) is 66.5 Å². The number of fused-ring (bicyclic) bond motifs is 1. The molecular weight excluding hydrogens is 322 g/mol. The smallest absolute Gasteiger partial charge is 0.419 e. The fraction of sp³-hybridized carbons (Fsp3) is 0.522. The molecule has 0 aliphatic heterocycles. The number of nitrogens with zero attached hydrogens (tertiary/aromatic N) is 1. The third-order valence-corrected chi connectivity index (χ3v) is 5.21. The second kappa shape index (κ2) is 6.61. The second-order valence-electron chi connectivity index (χ2n) is 9.48. The molecule has 1 atom stereocenters. The van der Waals surface area contributed by atoms with E-state index >= 15 is 0 Å². The lowest BCUT2D eigenvalue weighted by Gasteiger charge is -2.34. The van der Waals surface area contributed by atoms with Crippen molar-refractivity contribution < 1.29 is 9.53 Å². The fourth-order valence-electron chi connectivity index (χ4n) is 3.75. The van der Waals surface area contributed by atoms with Crippen LogP contribution in [0.5, 0.6) is 0 Å². The number of allylic oxidation sites excluding steroid dienone is 2. The van der Waals surface area contributed by atoms with E-state index in [2.05, 4.69) is 39.0 Å². The number of benzene rings is 1. The summed E-state index contributed by atoms with van der Waals surface area (Å²) in [6.07, 6.45) is 5.28. The number of ether oxygens (including phenoxy) is 1. The Kier molecular flexibility index (Phi) is 4.76. The van der Waals surface area contributed by atoms with Gasteiger partial charge in [-0.15, -0.1) is 0 Å². The molecule has 26 heavy (non-hydrogen) atoms. The van der Waals surface area contributed by atoms with Crippen LogP contribution >= 0.6 is 0 Å². The highest BCUT2D eigenvalue weighted by molar-refractivity contribution is 5.94. The minimum absolute atomic E-state index is 0.266. The van der Waals surface area contributed by atoms with Crippen LogP contribution in [-0.4, -0.2) is 16.3 Å². The highest BCUT2D eigenvalue weighted by atomic mass is 16.6. The van der Waals surface area contributed by atoms with Crippen LogP contribution < -0.4 is 0 Å². The van der Waals surface area contributed by atoms with Gasteiger partial charge in [-0.25, -0.2) is 9.36 Å². The first-order chi connectivity index (χ1) is 12.1. The molecule has 140 valence electrons. The molecule has 0 saturated carbocycles. The molecule has 1 unspecified atom stereocenters. The van der Waals surface area contributed by atoms with Gasteiger partial charge in [-0.05, 0) is 69.1 Å². The van der Waals surface area contributed by atoms with Crippen LogP contribution in [0.15, 0.2) is 36.4 Å². The van der Waals surface area contributed by atoms with Gasteiger partial charge in [-0.2, -0.15) is 0 Å². The quantitative estimate of drug-likeness (QED) is 0.574. The van der Waals surface area contributed by atoms with Gasteiger partial charge in [0.15, 0.2) is 0 Å². The Hall–Kier alpha value is -2.03. The minimum Gasteiger partial charge on any atom is -0.443 e. The Morgan fingerprint density at radius 2 is 1.81 bits per heavy atom. The van der Waals surface area contributed by atoms with Crippen molar-refractivity contribution >= 4 is 22.6 Å². The summed E-state index contributed by atoms with van der Waals surface area (Å²) in [5, 5.41) is 1.08. The first kappa shape index (κ1) is 18.8. The number of aromatic nitrogens is 1. The number of hydrogen-bond acceptors (Lipinski definition) is 2. The van der Waals surface area contributed by atoms with E-state index in [1.54, 1.807) is 4.57 Å². The van der Waals surface area contributed by atoms with Crippen LogP contribution in [0.2, 0.25) is 0 Å². The third-order valence-electron chi connectivity index (χ3n) is 5.21. The van der Waals surface area contributed by atoms with E-state index in [1.165, 1.54) is 12.0 Å². The molecule has 1 aromatic carbocycles. The summed E-state index contributed by atoms with van der Waals surface area (Å²) < 4.78 is 7.47. The maximum Gasteiger partial charge on any atom is 0.419 e. The van der Waals surface area contributed by atoms with Crippen LogP contribution in [0.25, 0.3) is 16.5 Å². The summed E-state index contributed by atoms with van der Waals surface area (Å²) in [4.78, 5) is 13.0. The Morgan fingerprint density at radius 1 is 1.12 bits per heavy atom. The zero-order valence-corrected chi connectivity index (χ0v) is 16.9. The summed E-state index contributed by atoms with van der Waals surface area (Å²) in [5.74, 6) is 0.618. The summed E-state index contributed by atoms with van der Waals surface area (Å²) in [7, 11) is 0. The highest BCUT2D eigenvalue weighted by Gasteiger charge is 2.30. The van der Waals surface area contributed by atoms with Crippen molar-refractivity contribution in [3.05, 3.63) is 42.1 Å². The summed E-state index contributed by atoms with van der Waals surface area (Å²) in [5.41, 5.74) is 2.90. The van der Waals surface area contributed by atoms with Crippen LogP contribution in [0.3, 0.4) is 0 Å². The molecule has 2 aromatic rings. The first-order valence-electron chi connectivity index (χ1n) is 9.59. The maximum atomic E-state index is 13.0. The number of carbonyl (C=O) groups excluding carboxylic acids is 1. The van der Waals surface area contributed by atoms with Gasteiger partial charge in [0.2, 0.25) is 0 Å². The molecule has 0 saturated heterocycles. The van der Waals surface area contributed by atoms with Crippen LogP contribution in [0, 0.1) is 11.3 Å². The van der Waals surface area contributed by atoms with Crippen LogP contribution in [-0.2, 0) is 4.74 Å². The SMILES string of the molecule is CC(C)(C)OC(=O)n1c(C2=CCCC(C(C)(C)C)C2)cc2ccccc21. The van der Waals surface area contributed by atoms with E-state index in [4.69, 9.17) is 4.74 Å². The highest BCUT2D eigenvalue weighted by Crippen LogP contribution is 2.42. The molecule has 0 fully saturated rings. The Labute approximate surface area is 157 Å². The minimum atomic E-state index is -0.519. The van der Waals surface area contributed by atoms with E-state index < -0.39 is 5.60 Å². The Bertz CT molecular complexity index is 843. The first-order valence-corrected chi connectivity index (χ1v) is 9.59. The van der Waals surface area contributed by atoms with E-state index in [-0.39, 0.29) is 11.5 Å². The lowest BCUT2D eigenvalue weighted by atomic mass is 9.72. The predicted octanol–water partition coefficient (Wildman–Crippen LogP) is 6.65. The number of rotatable bonds is 1. The van der Waals surface area contributed by atoms with E-state index in [1.807, 2.05) is 39.0 Å². The van der Waals surface area contributed by atoms with Gasteiger partial charge in [-0.3, -0.25) is 0 Å². The normalized spacial score (nSPS) is 18.7. The molecule has 1 aliphatic carbocycles. The molecule has 1 aliphatic rings. The monoisotopic (exact) mass is 353 g/mol. The van der Waals surface area contributed by atoms with E-state index in [0.29, 0.717) is 5.92 Å². The molecule has 3 heteroatoms. The summed E-state index contributed by atoms with van der Waals surface area (Å²) in [6, 6.07) is 10.2. The van der Waals surface area contributed by atoms with Gasteiger partial charge in [0, 0.05) is 5.39 Å². The van der Waals surface area contributed by atoms with Gasteiger partial charge in [0.1, 0.15) is 5.60 Å². The number of carbonyl (C=O) groups is 1. The van der Waals surface area contributed by atoms with Crippen molar-refractivity contribution in [3.8, 4) is 0 Å². The van der Waals surface area contributed by atoms with Crippen molar-refractivity contribution in [1.82, 2.24) is 4.57 Å². The lowest BCUT2D eigenvalue weighted by molar-refractivity contribution is 0.0543. The summed E-state index contributed by atoms with van der Waals surface area (Å²) in [6.45, 7) is 12.7. The molecular formula is C23H31NO2. The van der Waals surface area contributed by atoms with E-state index in [0.717, 1.165) is 29.4 Å². The third kappa shape index (κ3) is 3.87. The molecule has 0 radical (unpaired) electrons. The van der Waals surface area contributed by atoms with E-state index in [9.17, 15) is 4.79 Å². The summed E-state index contributed by atoms with van der Waals surface area (Å²) >= 11 is 0. The molecule has 3 rings (SSSR count). The van der Waals surface area contributed by atoms with Gasteiger partial charge < -0.3 is 4.74 Å². The number of hydrogen-bond donors (Lipinski definition) is 0. The van der Waals surface area contributed by atoms with Crippen molar-refractivity contribution in [1.29, 1.82) is 0 Å². The average molecular weight is 354 g/mol. The standard InChI is InChI=1S/C23H31NO2/c1-22(2,3)18-12-9-11-16(14-18)20-15-17-10-7-8-13-19(17)24(20)21(25)26-23(4,5)6/h7-8,10-11,13,15,18H,9,12,14H2,1-6H3. The van der Waals surface area contributed by atoms with Crippen LogP contribution in [0.4, 0.5) is 4.79 Å². The van der Waals surface area contributed by atoms with Crippen molar-refractivity contribution in [2.75, 3.05) is 0 Å². The predicted molar refractivity (Wildman–Crippen MR) is 108 cm³/mol. The van der Waals surface area contributed by atoms with Crippen molar-refractivity contribution in [3.63, 3.8) is 0 Å². The molecule has 0 bridgehead atoms. The van der Waals surface area contributed by atoms with Gasteiger partial charge in [0.05, 0.1) is 11.2 Å². The Balaban J connectivity index is 2.07. The topological polar surface area (TPSA) is 31.2 Å². The van der Waals surface area contributed by atoms with Crippen molar-refractivity contribution in [2.45, 2.75) is 66.4 Å². The maximum absolute atomic E-state index is 13.0. The molecule has 0 amide bonds. The zero-order chi connectivity index (χ0) is 19.1. The molecule has 1 heterocycles. The number of para-hydroxylation sites is 1. The largest absolute Gasteiger partial charge is 0.443 e. The average Bonchev–Trinajstić information content (AvgIpc) is 2.92. The fourth-order valence-corrected chi connectivity index (χ4v) is 3.75. The molecule has 0 N–H and O–H groups in total. The van der Waals surface area contributed by atoms with Gasteiger partial charge in [0.25, 0.3) is 0 Å². The Morgan fingerprint density at radius 3 is 2.46 bits per heavy atom. The second-order valence-corrected chi connectivity index (χ2v) is 9.48. The molecule has 3 nitrogen and oxygen atoms in total.